The molecular weight excluding hydrogens is 434 g/mol. The van der Waals surface area contributed by atoms with Gasteiger partial charge in [-0.15, -0.1) is 0 Å². The minimum atomic E-state index is -1.01. The molecule has 34 heavy (non-hydrogen) atoms. The number of aryl methyl sites for hydroxylation is 2. The topological polar surface area (TPSA) is 95.6 Å². The lowest BCUT2D eigenvalue weighted by Crippen LogP contribution is -2.21. The number of ether oxygens (including phenoxy) is 4. The minimum absolute atomic E-state index is 0.0194. The van der Waals surface area contributed by atoms with E-state index in [1.165, 1.54) is 7.11 Å². The van der Waals surface area contributed by atoms with Crippen LogP contribution in [-0.4, -0.2) is 42.5 Å². The smallest absolute Gasteiger partial charge is 0.451 e. The molecule has 0 spiro atoms. The van der Waals surface area contributed by atoms with E-state index in [0.717, 1.165) is 16.8 Å². The number of nitriles is 1. The third-order valence-electron chi connectivity index (χ3n) is 5.37. The van der Waals surface area contributed by atoms with E-state index >= 15 is 0 Å². The molecule has 0 saturated heterocycles. The molecule has 0 aliphatic carbocycles. The first-order valence-electron chi connectivity index (χ1n) is 11.3. The second-order valence-electron chi connectivity index (χ2n) is 8.91. The molecule has 0 bridgehead atoms. The van der Waals surface area contributed by atoms with Gasteiger partial charge in [-0.1, -0.05) is 45.0 Å². The van der Waals surface area contributed by atoms with Crippen LogP contribution < -0.4 is 0 Å². The number of hydrogen-bond acceptors (Lipinski definition) is 7. The van der Waals surface area contributed by atoms with E-state index in [4.69, 9.17) is 18.9 Å². The first-order chi connectivity index (χ1) is 16.0. The highest BCUT2D eigenvalue weighted by molar-refractivity contribution is 5.94. The molecule has 184 valence electrons. The molecule has 8 nitrogen and oxygen atoms in total. The van der Waals surface area contributed by atoms with Crippen molar-refractivity contribution in [3.05, 3.63) is 52.3 Å². The second kappa shape index (κ2) is 11.7. The molecule has 0 aliphatic rings. The Bertz CT molecular complexity index is 1060. The van der Waals surface area contributed by atoms with Crippen molar-refractivity contribution in [2.24, 2.45) is 0 Å². The molecule has 0 N–H and O–H groups in total. The molecule has 0 radical (unpaired) electrons. The first-order valence-corrected chi connectivity index (χ1v) is 11.3. The van der Waals surface area contributed by atoms with Crippen molar-refractivity contribution in [2.75, 3.05) is 20.3 Å². The fourth-order valence-electron chi connectivity index (χ4n) is 3.37. The Morgan fingerprint density at radius 1 is 1.15 bits per heavy atom. The number of carbonyl (C=O) groups is 1. The molecule has 1 aromatic heterocycles. The van der Waals surface area contributed by atoms with Crippen molar-refractivity contribution < 1.29 is 23.7 Å². The molecular formula is C26H35N3O5. The van der Waals surface area contributed by atoms with Crippen LogP contribution >= 0.6 is 0 Å². The number of hydrogen-bond donors (Lipinski definition) is 0. The number of allylic oxidation sites excluding steroid dienone is 1. The summed E-state index contributed by atoms with van der Waals surface area (Å²) in [6, 6.07) is 10.1. The summed E-state index contributed by atoms with van der Waals surface area (Å²) in [7, 11) is 1.51. The van der Waals surface area contributed by atoms with E-state index in [2.05, 4.69) is 31.9 Å². The average molecular weight is 470 g/mol. The fourth-order valence-corrected chi connectivity index (χ4v) is 3.37. The number of nitrogens with zero attached hydrogens (tertiary/aromatic N) is 3. The van der Waals surface area contributed by atoms with Crippen LogP contribution in [0.5, 0.6) is 0 Å². The van der Waals surface area contributed by atoms with Crippen LogP contribution in [0.4, 0.5) is 4.79 Å². The quantitative estimate of drug-likeness (QED) is 0.160. The summed E-state index contributed by atoms with van der Waals surface area (Å²) in [4.78, 5) is 12.0. The van der Waals surface area contributed by atoms with Crippen LogP contribution in [0.25, 0.3) is 11.3 Å². The van der Waals surface area contributed by atoms with E-state index < -0.39 is 12.4 Å². The summed E-state index contributed by atoms with van der Waals surface area (Å²) in [5.41, 5.74) is 4.52. The number of carbonyl (C=O) groups excluding carboxylic acids is 1. The Labute approximate surface area is 202 Å². The SMILES string of the molecule is CCn1nc(C)c(C)c1/C(OC(C)OC(=O)OCCOC)=C(\C#N)c1ccc(C(C)(C)C)cc1. The van der Waals surface area contributed by atoms with E-state index in [1.807, 2.05) is 45.0 Å². The third kappa shape index (κ3) is 6.61. The number of aromatic nitrogens is 2. The fraction of sp³-hybridized carbons (Fsp3) is 0.500. The largest absolute Gasteiger partial charge is 0.511 e. The van der Waals surface area contributed by atoms with Crippen molar-refractivity contribution in [1.82, 2.24) is 9.78 Å². The monoisotopic (exact) mass is 469 g/mol. The van der Waals surface area contributed by atoms with Crippen LogP contribution in [0.2, 0.25) is 0 Å². The molecule has 1 unspecified atom stereocenters. The van der Waals surface area contributed by atoms with E-state index in [1.54, 1.807) is 11.6 Å². The van der Waals surface area contributed by atoms with Gasteiger partial charge in [0.25, 0.3) is 0 Å². The van der Waals surface area contributed by atoms with Gasteiger partial charge in [0.2, 0.25) is 6.29 Å². The van der Waals surface area contributed by atoms with Crippen LogP contribution in [0.3, 0.4) is 0 Å². The molecule has 2 rings (SSSR count). The van der Waals surface area contributed by atoms with E-state index in [-0.39, 0.29) is 18.6 Å². The summed E-state index contributed by atoms with van der Waals surface area (Å²) < 4.78 is 23.0. The maximum absolute atomic E-state index is 12.0. The highest BCUT2D eigenvalue weighted by Gasteiger charge is 2.25. The zero-order chi connectivity index (χ0) is 25.5. The summed E-state index contributed by atoms with van der Waals surface area (Å²) in [6.07, 6.45) is -1.89. The maximum Gasteiger partial charge on any atom is 0.511 e. The van der Waals surface area contributed by atoms with Gasteiger partial charge < -0.3 is 18.9 Å². The highest BCUT2D eigenvalue weighted by atomic mass is 16.8. The Balaban J connectivity index is 2.53. The van der Waals surface area contributed by atoms with Crippen LogP contribution in [-0.2, 0) is 30.9 Å². The Morgan fingerprint density at radius 2 is 1.79 bits per heavy atom. The van der Waals surface area contributed by atoms with Gasteiger partial charge in [0.1, 0.15) is 23.9 Å². The second-order valence-corrected chi connectivity index (χ2v) is 8.91. The van der Waals surface area contributed by atoms with Crippen molar-refractivity contribution >= 4 is 17.5 Å². The van der Waals surface area contributed by atoms with Crippen LogP contribution in [0.1, 0.15) is 62.7 Å². The lowest BCUT2D eigenvalue weighted by molar-refractivity contribution is -0.0701. The number of benzene rings is 1. The maximum atomic E-state index is 12.0. The van der Waals surface area contributed by atoms with Crippen molar-refractivity contribution in [2.45, 2.75) is 66.7 Å². The Hall–Kier alpha value is -3.31. The Morgan fingerprint density at radius 3 is 2.32 bits per heavy atom. The lowest BCUT2D eigenvalue weighted by atomic mass is 9.86. The predicted molar refractivity (Wildman–Crippen MR) is 130 cm³/mol. The van der Waals surface area contributed by atoms with Gasteiger partial charge in [-0.05, 0) is 37.3 Å². The molecule has 0 aliphatic heterocycles. The molecule has 1 aromatic carbocycles. The van der Waals surface area contributed by atoms with Crippen LogP contribution in [0.15, 0.2) is 24.3 Å². The van der Waals surface area contributed by atoms with Gasteiger partial charge in [-0.3, -0.25) is 4.68 Å². The van der Waals surface area contributed by atoms with Gasteiger partial charge in [0.15, 0.2) is 5.76 Å². The van der Waals surface area contributed by atoms with Crippen molar-refractivity contribution in [1.29, 1.82) is 5.26 Å². The summed E-state index contributed by atoms with van der Waals surface area (Å²) in [5.74, 6) is 0.295. The standard InChI is InChI=1S/C26H35N3O5/c1-9-29-23(17(2)18(3)28-29)24(33-19(4)34-25(30)32-15-14-31-8)22(16-27)20-10-12-21(13-11-20)26(5,6)7/h10-13,19H,9,14-15H2,1-8H3/b24-22-. The van der Waals surface area contributed by atoms with E-state index in [0.29, 0.717) is 29.1 Å². The van der Waals surface area contributed by atoms with Gasteiger partial charge in [0, 0.05) is 26.1 Å². The summed E-state index contributed by atoms with van der Waals surface area (Å²) in [5, 5.41) is 14.7. The zero-order valence-electron chi connectivity index (χ0n) is 21.4. The predicted octanol–water partition coefficient (Wildman–Crippen LogP) is 5.37. The van der Waals surface area contributed by atoms with Gasteiger partial charge in [-0.2, -0.15) is 10.4 Å². The van der Waals surface area contributed by atoms with Crippen molar-refractivity contribution in [3.63, 3.8) is 0 Å². The molecule has 0 amide bonds. The van der Waals surface area contributed by atoms with Gasteiger partial charge in [-0.25, -0.2) is 4.79 Å². The molecule has 1 atom stereocenters. The van der Waals surface area contributed by atoms with E-state index in [9.17, 15) is 10.1 Å². The molecule has 8 heteroatoms. The lowest BCUT2D eigenvalue weighted by Gasteiger charge is -2.21. The molecule has 0 saturated carbocycles. The normalized spacial score (nSPS) is 13.0. The first kappa shape index (κ1) is 26.9. The van der Waals surface area contributed by atoms with Gasteiger partial charge >= 0.3 is 6.16 Å². The number of rotatable bonds is 9. The third-order valence-corrected chi connectivity index (χ3v) is 5.37. The molecule has 2 aromatic rings. The molecule has 1 heterocycles. The summed E-state index contributed by atoms with van der Waals surface area (Å²) >= 11 is 0. The Kier molecular flexibility index (Phi) is 9.28. The average Bonchev–Trinajstić information content (AvgIpc) is 3.07. The van der Waals surface area contributed by atoms with Crippen LogP contribution in [0, 0.1) is 25.2 Å². The van der Waals surface area contributed by atoms with Crippen molar-refractivity contribution in [3.8, 4) is 6.07 Å². The molecule has 0 fully saturated rings. The highest BCUT2D eigenvalue weighted by Crippen LogP contribution is 2.33. The summed E-state index contributed by atoms with van der Waals surface area (Å²) in [6.45, 7) is 14.7. The zero-order valence-corrected chi connectivity index (χ0v) is 21.4. The number of methoxy groups -OCH3 is 1. The van der Waals surface area contributed by atoms with Gasteiger partial charge in [0.05, 0.1) is 12.3 Å². The minimum Gasteiger partial charge on any atom is -0.451 e.